The second-order valence-corrected chi connectivity index (χ2v) is 7.30. The summed E-state index contributed by atoms with van der Waals surface area (Å²) in [6.45, 7) is 3.67. The molecule has 0 atom stereocenters. The van der Waals surface area contributed by atoms with Crippen LogP contribution in [0.3, 0.4) is 0 Å². The summed E-state index contributed by atoms with van der Waals surface area (Å²) in [6.07, 6.45) is 5.68. The maximum Gasteiger partial charge on any atom is 0.217 e. The molecule has 1 saturated heterocycles. The van der Waals surface area contributed by atoms with Crippen molar-refractivity contribution in [2.24, 2.45) is 0 Å². The molecule has 7 heteroatoms. The van der Waals surface area contributed by atoms with Gasteiger partial charge in [0.15, 0.2) is 5.76 Å². The monoisotopic (exact) mass is 366 g/mol. The highest BCUT2D eigenvalue weighted by atomic mass is 16.3. The Labute approximate surface area is 159 Å². The number of rotatable bonds is 6. The lowest BCUT2D eigenvalue weighted by Gasteiger charge is -2.30. The van der Waals surface area contributed by atoms with Crippen LogP contribution in [0.4, 0.5) is 0 Å². The van der Waals surface area contributed by atoms with E-state index >= 15 is 0 Å². The zero-order valence-electron chi connectivity index (χ0n) is 16.0. The fourth-order valence-electron chi connectivity index (χ4n) is 3.57. The zero-order valence-corrected chi connectivity index (χ0v) is 16.0. The standard InChI is InChI=1S/C20H26N6O/c1-24-11-8-17(9-12-24)26-19(22-20(23-26)18-7-5-13-27-18)15-25(2)14-16-6-3-4-10-21-16/h3-7,10,13,17H,8-9,11-12,14-15H2,1-2H3. The fraction of sp³-hybridized carbons (Fsp3) is 0.450. The second-order valence-electron chi connectivity index (χ2n) is 7.30. The van der Waals surface area contributed by atoms with Gasteiger partial charge in [-0.2, -0.15) is 0 Å². The first-order valence-corrected chi connectivity index (χ1v) is 9.45. The summed E-state index contributed by atoms with van der Waals surface area (Å²) in [7, 11) is 4.27. The number of furan rings is 1. The number of nitrogens with zero attached hydrogens (tertiary/aromatic N) is 6. The van der Waals surface area contributed by atoms with Gasteiger partial charge in [0.25, 0.3) is 0 Å². The number of aromatic nitrogens is 4. The molecule has 0 aromatic carbocycles. The molecule has 0 saturated carbocycles. The molecule has 3 aromatic rings. The average Bonchev–Trinajstić information content (AvgIpc) is 3.33. The van der Waals surface area contributed by atoms with Crippen molar-refractivity contribution in [2.45, 2.75) is 32.0 Å². The molecule has 0 aliphatic carbocycles. The lowest BCUT2D eigenvalue weighted by molar-refractivity contribution is 0.203. The van der Waals surface area contributed by atoms with Gasteiger partial charge in [-0.05, 0) is 64.3 Å². The van der Waals surface area contributed by atoms with Gasteiger partial charge in [0.1, 0.15) is 5.82 Å². The average molecular weight is 366 g/mol. The lowest BCUT2D eigenvalue weighted by Crippen LogP contribution is -2.33. The summed E-state index contributed by atoms with van der Waals surface area (Å²) < 4.78 is 7.65. The predicted molar refractivity (Wildman–Crippen MR) is 103 cm³/mol. The Morgan fingerprint density at radius 3 is 2.70 bits per heavy atom. The van der Waals surface area contributed by atoms with E-state index in [1.807, 2.05) is 36.5 Å². The van der Waals surface area contributed by atoms with Crippen molar-refractivity contribution in [1.82, 2.24) is 29.5 Å². The molecule has 4 heterocycles. The molecule has 0 radical (unpaired) electrons. The van der Waals surface area contributed by atoms with Gasteiger partial charge < -0.3 is 9.32 Å². The van der Waals surface area contributed by atoms with Crippen molar-refractivity contribution in [2.75, 3.05) is 27.2 Å². The molecule has 0 spiro atoms. The van der Waals surface area contributed by atoms with E-state index in [4.69, 9.17) is 14.5 Å². The molecule has 0 unspecified atom stereocenters. The predicted octanol–water partition coefficient (Wildman–Crippen LogP) is 2.83. The molecule has 1 aliphatic rings. The number of likely N-dealkylation sites (tertiary alicyclic amines) is 1. The maximum absolute atomic E-state index is 5.52. The van der Waals surface area contributed by atoms with Gasteiger partial charge in [0.2, 0.25) is 5.82 Å². The number of piperidine rings is 1. The lowest BCUT2D eigenvalue weighted by atomic mass is 10.1. The Kier molecular flexibility index (Phi) is 5.31. The van der Waals surface area contributed by atoms with Crippen LogP contribution in [0.25, 0.3) is 11.6 Å². The zero-order chi connectivity index (χ0) is 18.6. The Balaban J connectivity index is 1.56. The van der Waals surface area contributed by atoms with Gasteiger partial charge >= 0.3 is 0 Å². The molecule has 142 valence electrons. The van der Waals surface area contributed by atoms with Crippen LogP contribution in [0.1, 0.15) is 30.4 Å². The van der Waals surface area contributed by atoms with Gasteiger partial charge in [0, 0.05) is 12.7 Å². The van der Waals surface area contributed by atoms with Crippen LogP contribution in [0.5, 0.6) is 0 Å². The molecule has 4 rings (SSSR count). The van der Waals surface area contributed by atoms with E-state index in [2.05, 4.69) is 33.6 Å². The van der Waals surface area contributed by atoms with Crippen LogP contribution in [0.2, 0.25) is 0 Å². The van der Waals surface area contributed by atoms with Crippen LogP contribution in [-0.4, -0.2) is 56.7 Å². The molecule has 0 bridgehead atoms. The first kappa shape index (κ1) is 17.9. The van der Waals surface area contributed by atoms with E-state index in [1.165, 1.54) is 0 Å². The SMILES string of the molecule is CN1CCC(n2nc(-c3ccco3)nc2CN(C)Cc2ccccn2)CC1. The number of pyridine rings is 1. The summed E-state index contributed by atoms with van der Waals surface area (Å²) in [5.41, 5.74) is 1.05. The normalized spacial score (nSPS) is 16.3. The van der Waals surface area contributed by atoms with E-state index < -0.39 is 0 Å². The molecule has 27 heavy (non-hydrogen) atoms. The van der Waals surface area contributed by atoms with E-state index in [-0.39, 0.29) is 0 Å². The summed E-state index contributed by atoms with van der Waals surface area (Å²) >= 11 is 0. The van der Waals surface area contributed by atoms with Crippen LogP contribution in [-0.2, 0) is 13.1 Å². The van der Waals surface area contributed by atoms with Crippen LogP contribution in [0.15, 0.2) is 47.2 Å². The first-order chi connectivity index (χ1) is 13.2. The minimum absolute atomic E-state index is 0.385. The Morgan fingerprint density at radius 1 is 1.15 bits per heavy atom. The third kappa shape index (κ3) is 4.26. The molecule has 0 N–H and O–H groups in total. The second kappa shape index (κ2) is 8.02. The molecule has 1 aliphatic heterocycles. The van der Waals surface area contributed by atoms with Gasteiger partial charge in [-0.3, -0.25) is 9.88 Å². The summed E-state index contributed by atoms with van der Waals surface area (Å²) in [5.74, 6) is 2.37. The molecule has 1 fully saturated rings. The molecule has 3 aromatic heterocycles. The molecule has 0 amide bonds. The molecular weight excluding hydrogens is 340 g/mol. The highest BCUT2D eigenvalue weighted by molar-refractivity contribution is 5.45. The smallest absolute Gasteiger partial charge is 0.217 e. The Bertz CT molecular complexity index is 837. The minimum atomic E-state index is 0.385. The number of hydrogen-bond acceptors (Lipinski definition) is 6. The van der Waals surface area contributed by atoms with Gasteiger partial charge in [-0.1, -0.05) is 6.07 Å². The minimum Gasteiger partial charge on any atom is -0.461 e. The van der Waals surface area contributed by atoms with Crippen molar-refractivity contribution in [3.05, 3.63) is 54.3 Å². The van der Waals surface area contributed by atoms with E-state index in [9.17, 15) is 0 Å². The van der Waals surface area contributed by atoms with Crippen LogP contribution in [0, 0.1) is 0 Å². The summed E-state index contributed by atoms with van der Waals surface area (Å²) in [5, 5.41) is 4.81. The highest BCUT2D eigenvalue weighted by Crippen LogP contribution is 2.25. The van der Waals surface area contributed by atoms with Gasteiger partial charge in [0.05, 0.1) is 24.5 Å². The van der Waals surface area contributed by atoms with Crippen LogP contribution < -0.4 is 0 Å². The third-order valence-corrected chi connectivity index (χ3v) is 5.05. The molecule has 7 nitrogen and oxygen atoms in total. The highest BCUT2D eigenvalue weighted by Gasteiger charge is 2.24. The quantitative estimate of drug-likeness (QED) is 0.668. The van der Waals surface area contributed by atoms with Crippen molar-refractivity contribution < 1.29 is 4.42 Å². The van der Waals surface area contributed by atoms with Gasteiger partial charge in [-0.25, -0.2) is 9.67 Å². The molecular formula is C20H26N6O. The Hall–Kier alpha value is -2.51. The van der Waals surface area contributed by atoms with Gasteiger partial charge in [-0.15, -0.1) is 5.10 Å². The van der Waals surface area contributed by atoms with Crippen molar-refractivity contribution >= 4 is 0 Å². The van der Waals surface area contributed by atoms with E-state index in [1.54, 1.807) is 6.26 Å². The largest absolute Gasteiger partial charge is 0.461 e. The first-order valence-electron chi connectivity index (χ1n) is 9.45. The van der Waals surface area contributed by atoms with E-state index in [0.29, 0.717) is 11.9 Å². The van der Waals surface area contributed by atoms with Crippen molar-refractivity contribution in [3.63, 3.8) is 0 Å². The van der Waals surface area contributed by atoms with Crippen molar-refractivity contribution in [3.8, 4) is 11.6 Å². The van der Waals surface area contributed by atoms with E-state index in [0.717, 1.165) is 56.3 Å². The topological polar surface area (TPSA) is 63.2 Å². The Morgan fingerprint density at radius 2 is 2.00 bits per heavy atom. The summed E-state index contributed by atoms with van der Waals surface area (Å²) in [6, 6.07) is 10.2. The maximum atomic E-state index is 5.52. The summed E-state index contributed by atoms with van der Waals surface area (Å²) in [4.78, 5) is 13.8. The fourth-order valence-corrected chi connectivity index (χ4v) is 3.57. The van der Waals surface area contributed by atoms with Crippen molar-refractivity contribution in [1.29, 1.82) is 0 Å². The number of hydrogen-bond donors (Lipinski definition) is 0. The van der Waals surface area contributed by atoms with Crippen LogP contribution >= 0.6 is 0 Å². The third-order valence-electron chi connectivity index (χ3n) is 5.05.